The summed E-state index contributed by atoms with van der Waals surface area (Å²) in [6, 6.07) is 13.9. The summed E-state index contributed by atoms with van der Waals surface area (Å²) in [4.78, 5) is 11.5. The van der Waals surface area contributed by atoms with Gasteiger partial charge in [-0.25, -0.2) is 0 Å². The number of aryl methyl sites for hydroxylation is 2. The Kier molecular flexibility index (Phi) is 5.93. The van der Waals surface area contributed by atoms with E-state index >= 15 is 0 Å². The first-order chi connectivity index (χ1) is 13.2. The maximum atomic E-state index is 11.5. The standard InChI is InChI=1S/C12H11NO.C11H12O2/c1-14-11-6-5-9-3-2-4-10(8-13)12(9)7-11;1-13-9-6-5-8-3-2-4-11(12)10(8)7-9/h4-7H,2-3H2,1H3;5-7H,2-4H2,1H3. The van der Waals surface area contributed by atoms with E-state index in [9.17, 15) is 4.79 Å². The number of carbonyl (C=O) groups excluding carboxylic acids is 1. The fourth-order valence-electron chi connectivity index (χ4n) is 3.47. The van der Waals surface area contributed by atoms with E-state index in [1.165, 1.54) is 5.56 Å². The van der Waals surface area contributed by atoms with Crippen LogP contribution in [0.1, 0.15) is 46.3 Å². The van der Waals surface area contributed by atoms with Gasteiger partial charge in [0.2, 0.25) is 0 Å². The molecular formula is C23H23NO3. The van der Waals surface area contributed by atoms with Gasteiger partial charge in [-0.15, -0.1) is 0 Å². The fraction of sp³-hybridized carbons (Fsp3) is 0.304. The molecule has 0 atom stereocenters. The van der Waals surface area contributed by atoms with Gasteiger partial charge in [0.25, 0.3) is 0 Å². The molecule has 2 aromatic carbocycles. The van der Waals surface area contributed by atoms with Crippen LogP contribution in [0, 0.1) is 11.3 Å². The Morgan fingerprint density at radius 3 is 2.15 bits per heavy atom. The molecule has 4 heteroatoms. The van der Waals surface area contributed by atoms with Crippen molar-refractivity contribution in [3.8, 4) is 17.6 Å². The summed E-state index contributed by atoms with van der Waals surface area (Å²) in [7, 11) is 3.26. The highest BCUT2D eigenvalue weighted by atomic mass is 16.5. The topological polar surface area (TPSA) is 59.3 Å². The van der Waals surface area contributed by atoms with Crippen molar-refractivity contribution in [3.05, 3.63) is 64.7 Å². The maximum absolute atomic E-state index is 11.5. The van der Waals surface area contributed by atoms with Gasteiger partial charge in [0.05, 0.1) is 25.9 Å². The predicted molar refractivity (Wildman–Crippen MR) is 105 cm³/mol. The van der Waals surface area contributed by atoms with Crippen molar-refractivity contribution in [1.29, 1.82) is 5.26 Å². The molecule has 0 heterocycles. The summed E-state index contributed by atoms with van der Waals surface area (Å²) >= 11 is 0. The van der Waals surface area contributed by atoms with Crippen molar-refractivity contribution in [2.75, 3.05) is 14.2 Å². The summed E-state index contributed by atoms with van der Waals surface area (Å²) in [5.41, 5.74) is 5.05. The Morgan fingerprint density at radius 1 is 0.889 bits per heavy atom. The number of carbonyl (C=O) groups is 1. The number of benzene rings is 2. The number of nitriles is 1. The first-order valence-electron chi connectivity index (χ1n) is 9.14. The minimum absolute atomic E-state index is 0.250. The van der Waals surface area contributed by atoms with Gasteiger partial charge < -0.3 is 9.47 Å². The lowest BCUT2D eigenvalue weighted by Gasteiger charge is -2.14. The average molecular weight is 361 g/mol. The van der Waals surface area contributed by atoms with Gasteiger partial charge in [0.1, 0.15) is 11.5 Å². The van der Waals surface area contributed by atoms with Crippen LogP contribution in [0.2, 0.25) is 0 Å². The molecule has 0 aromatic heterocycles. The third-order valence-electron chi connectivity index (χ3n) is 4.96. The average Bonchev–Trinajstić information content (AvgIpc) is 2.73. The Morgan fingerprint density at radius 2 is 1.52 bits per heavy atom. The van der Waals surface area contributed by atoms with Gasteiger partial charge in [-0.1, -0.05) is 18.2 Å². The highest BCUT2D eigenvalue weighted by Gasteiger charge is 2.17. The van der Waals surface area contributed by atoms with Crippen molar-refractivity contribution in [3.63, 3.8) is 0 Å². The molecule has 27 heavy (non-hydrogen) atoms. The maximum Gasteiger partial charge on any atom is 0.163 e. The van der Waals surface area contributed by atoms with Gasteiger partial charge in [0, 0.05) is 12.0 Å². The van der Waals surface area contributed by atoms with Crippen LogP contribution in [0.15, 0.2) is 42.5 Å². The summed E-state index contributed by atoms with van der Waals surface area (Å²) in [5, 5.41) is 8.94. The zero-order valence-corrected chi connectivity index (χ0v) is 15.7. The Bertz CT molecular complexity index is 922. The Labute approximate surface area is 160 Å². The zero-order valence-electron chi connectivity index (χ0n) is 15.7. The van der Waals surface area contributed by atoms with Crippen LogP contribution in [0.25, 0.3) is 5.57 Å². The minimum atomic E-state index is 0.250. The number of ketones is 1. The minimum Gasteiger partial charge on any atom is -0.497 e. The van der Waals surface area contributed by atoms with Crippen molar-refractivity contribution in [2.24, 2.45) is 0 Å². The van der Waals surface area contributed by atoms with Gasteiger partial charge in [-0.3, -0.25) is 4.79 Å². The van der Waals surface area contributed by atoms with Crippen molar-refractivity contribution >= 4 is 11.4 Å². The molecule has 0 unspecified atom stereocenters. The van der Waals surface area contributed by atoms with Crippen LogP contribution < -0.4 is 9.47 Å². The first kappa shape index (κ1) is 18.7. The highest BCUT2D eigenvalue weighted by molar-refractivity contribution is 5.98. The molecule has 2 aromatic rings. The number of allylic oxidation sites excluding steroid dienone is 2. The van der Waals surface area contributed by atoms with Crippen LogP contribution in [-0.4, -0.2) is 20.0 Å². The SMILES string of the molecule is COc1ccc2c(c1)C(=O)CCC2.COc1ccc2c(c1)C(C#N)=CCC2. The molecule has 4 nitrogen and oxygen atoms in total. The predicted octanol–water partition coefficient (Wildman–Crippen LogP) is 4.76. The molecule has 0 fully saturated rings. The lowest BCUT2D eigenvalue weighted by atomic mass is 9.91. The summed E-state index contributed by atoms with van der Waals surface area (Å²) in [6.45, 7) is 0. The monoisotopic (exact) mass is 361 g/mol. The van der Waals surface area contributed by atoms with Crippen LogP contribution in [0.4, 0.5) is 0 Å². The third kappa shape index (κ3) is 4.20. The van der Waals surface area contributed by atoms with E-state index in [1.807, 2.05) is 42.5 Å². The van der Waals surface area contributed by atoms with Crippen LogP contribution in [-0.2, 0) is 12.8 Å². The van der Waals surface area contributed by atoms with Crippen LogP contribution in [0.5, 0.6) is 11.5 Å². The fourth-order valence-corrected chi connectivity index (χ4v) is 3.47. The van der Waals surface area contributed by atoms with E-state index in [-0.39, 0.29) is 5.78 Å². The van der Waals surface area contributed by atoms with Crippen molar-refractivity contribution in [2.45, 2.75) is 32.1 Å². The van der Waals surface area contributed by atoms with E-state index in [0.29, 0.717) is 6.42 Å². The molecule has 0 bridgehead atoms. The lowest BCUT2D eigenvalue weighted by Crippen LogP contribution is -2.10. The largest absolute Gasteiger partial charge is 0.497 e. The van der Waals surface area contributed by atoms with E-state index in [0.717, 1.165) is 59.4 Å². The summed E-state index contributed by atoms with van der Waals surface area (Å²) in [6.07, 6.45) is 6.65. The van der Waals surface area contributed by atoms with Crippen molar-refractivity contribution < 1.29 is 14.3 Å². The summed E-state index contributed by atoms with van der Waals surface area (Å²) in [5.74, 6) is 1.83. The second-order valence-corrected chi connectivity index (χ2v) is 6.59. The number of hydrogen-bond donors (Lipinski definition) is 0. The molecule has 138 valence electrons. The van der Waals surface area contributed by atoms with E-state index in [4.69, 9.17) is 14.7 Å². The second-order valence-electron chi connectivity index (χ2n) is 6.59. The van der Waals surface area contributed by atoms with Gasteiger partial charge in [0.15, 0.2) is 5.78 Å². The molecule has 0 spiro atoms. The Balaban J connectivity index is 0.000000156. The molecule has 0 saturated heterocycles. The molecule has 2 aliphatic carbocycles. The van der Waals surface area contributed by atoms with Gasteiger partial charge in [-0.2, -0.15) is 5.26 Å². The Hall–Kier alpha value is -3.06. The van der Waals surface area contributed by atoms with E-state index in [1.54, 1.807) is 14.2 Å². The number of hydrogen-bond acceptors (Lipinski definition) is 4. The van der Waals surface area contributed by atoms with E-state index in [2.05, 4.69) is 6.07 Å². The smallest absolute Gasteiger partial charge is 0.163 e. The molecule has 0 amide bonds. The highest BCUT2D eigenvalue weighted by Crippen LogP contribution is 2.29. The lowest BCUT2D eigenvalue weighted by molar-refractivity contribution is 0.0972. The third-order valence-corrected chi connectivity index (χ3v) is 4.96. The second kappa shape index (κ2) is 8.55. The number of Topliss-reactive ketones (excluding diaryl/α,β-unsaturated/α-hetero) is 1. The molecule has 0 N–H and O–H groups in total. The quantitative estimate of drug-likeness (QED) is 0.773. The van der Waals surface area contributed by atoms with Gasteiger partial charge in [-0.05, 0) is 66.6 Å². The molecule has 2 aliphatic rings. The summed E-state index contributed by atoms with van der Waals surface area (Å²) < 4.78 is 10.2. The number of methoxy groups -OCH3 is 2. The molecule has 0 radical (unpaired) electrons. The van der Waals surface area contributed by atoms with Crippen LogP contribution in [0.3, 0.4) is 0 Å². The number of ether oxygens (including phenoxy) is 2. The molecule has 0 saturated carbocycles. The number of nitrogens with zero attached hydrogens (tertiary/aromatic N) is 1. The van der Waals surface area contributed by atoms with Crippen molar-refractivity contribution in [1.82, 2.24) is 0 Å². The molecular weight excluding hydrogens is 338 g/mol. The van der Waals surface area contributed by atoms with Crippen LogP contribution >= 0.6 is 0 Å². The first-order valence-corrected chi connectivity index (χ1v) is 9.14. The van der Waals surface area contributed by atoms with E-state index < -0.39 is 0 Å². The van der Waals surface area contributed by atoms with Gasteiger partial charge >= 0.3 is 0 Å². The number of fused-ring (bicyclic) bond motifs is 2. The zero-order chi connectivity index (χ0) is 19.2. The molecule has 4 rings (SSSR count). The molecule has 0 aliphatic heterocycles. The normalized spacial score (nSPS) is 14.6. The number of rotatable bonds is 2.